The molecule has 2 aliphatic rings. The third kappa shape index (κ3) is 2.35. The fourth-order valence-electron chi connectivity index (χ4n) is 4.45. The molecule has 0 saturated carbocycles. The van der Waals surface area contributed by atoms with E-state index in [1.54, 1.807) is 0 Å². The van der Waals surface area contributed by atoms with Crippen LogP contribution in [0.25, 0.3) is 11.1 Å². The van der Waals surface area contributed by atoms with Crippen LogP contribution in [0.4, 0.5) is 0 Å². The Labute approximate surface area is 179 Å². The Bertz CT molecular complexity index is 1350. The first-order chi connectivity index (χ1) is 14.7. The Morgan fingerprint density at radius 3 is 1.70 bits per heavy atom. The number of hydrogen-bond donors (Lipinski definition) is 0. The number of benzene rings is 4. The highest BCUT2D eigenvalue weighted by Crippen LogP contribution is 2.51. The largest absolute Gasteiger partial charge is 0.454 e. The van der Waals surface area contributed by atoms with E-state index in [1.165, 1.54) is 0 Å². The number of hydrogen-bond acceptors (Lipinski definition) is 2. The molecule has 142 valence electrons. The van der Waals surface area contributed by atoms with Gasteiger partial charge in [-0.2, -0.15) is 0 Å². The van der Waals surface area contributed by atoms with E-state index in [0.29, 0.717) is 21.9 Å². The van der Waals surface area contributed by atoms with Crippen molar-refractivity contribution in [3.63, 3.8) is 0 Å². The van der Waals surface area contributed by atoms with Crippen molar-refractivity contribution in [2.24, 2.45) is 0 Å². The first-order valence-electron chi connectivity index (χ1n) is 9.78. The molecular formula is C27H15ClO2. The first kappa shape index (κ1) is 17.3. The van der Waals surface area contributed by atoms with E-state index >= 15 is 0 Å². The lowest BCUT2D eigenvalue weighted by Crippen LogP contribution is -2.16. The van der Waals surface area contributed by atoms with E-state index in [0.717, 1.165) is 39.1 Å². The zero-order chi connectivity index (χ0) is 20.2. The summed E-state index contributed by atoms with van der Waals surface area (Å²) in [6.07, 6.45) is 0. The van der Waals surface area contributed by atoms with Gasteiger partial charge in [0.2, 0.25) is 0 Å². The van der Waals surface area contributed by atoms with Crippen molar-refractivity contribution in [1.29, 1.82) is 0 Å². The average Bonchev–Trinajstić information content (AvgIpc) is 2.79. The molecule has 0 aromatic heterocycles. The summed E-state index contributed by atoms with van der Waals surface area (Å²) in [6, 6.07) is 29.4. The van der Waals surface area contributed by atoms with E-state index in [2.05, 4.69) is 6.07 Å². The zero-order valence-electron chi connectivity index (χ0n) is 15.9. The number of ketones is 1. The van der Waals surface area contributed by atoms with Crippen LogP contribution >= 0.6 is 11.6 Å². The van der Waals surface area contributed by atoms with Crippen molar-refractivity contribution in [2.45, 2.75) is 0 Å². The molecule has 0 atom stereocenters. The molecule has 0 amide bonds. The summed E-state index contributed by atoms with van der Waals surface area (Å²) in [7, 11) is 0. The molecular weight excluding hydrogens is 392 g/mol. The Balaban J connectivity index is 1.83. The van der Waals surface area contributed by atoms with E-state index in [9.17, 15) is 4.79 Å². The normalized spacial score (nSPS) is 13.7. The lowest BCUT2D eigenvalue weighted by Gasteiger charge is -2.29. The number of carbonyl (C=O) groups is 1. The van der Waals surface area contributed by atoms with Gasteiger partial charge in [0.25, 0.3) is 0 Å². The van der Waals surface area contributed by atoms with Gasteiger partial charge in [-0.05, 0) is 28.8 Å². The third-order valence-electron chi connectivity index (χ3n) is 5.74. The van der Waals surface area contributed by atoms with Crippen molar-refractivity contribution in [2.75, 3.05) is 0 Å². The van der Waals surface area contributed by atoms with Crippen molar-refractivity contribution in [3.05, 3.63) is 129 Å². The highest BCUT2D eigenvalue weighted by molar-refractivity contribution is 6.33. The minimum atomic E-state index is 0.0530. The average molecular weight is 407 g/mol. The van der Waals surface area contributed by atoms with Crippen LogP contribution in [0.3, 0.4) is 0 Å². The minimum absolute atomic E-state index is 0.0530. The van der Waals surface area contributed by atoms with E-state index in [-0.39, 0.29) is 5.78 Å². The molecule has 0 radical (unpaired) electrons. The summed E-state index contributed by atoms with van der Waals surface area (Å²) in [5.41, 5.74) is 7.26. The van der Waals surface area contributed by atoms with Crippen LogP contribution in [0, 0.1) is 0 Å². The van der Waals surface area contributed by atoms with Crippen LogP contribution in [0.15, 0.2) is 91.0 Å². The fraction of sp³-hybridized carbons (Fsp3) is 0. The molecule has 3 heteroatoms. The second-order valence-electron chi connectivity index (χ2n) is 7.39. The molecule has 4 aromatic rings. The van der Waals surface area contributed by atoms with Gasteiger partial charge in [-0.15, -0.1) is 0 Å². The van der Waals surface area contributed by atoms with Gasteiger partial charge >= 0.3 is 0 Å². The minimum Gasteiger partial charge on any atom is -0.454 e. The monoisotopic (exact) mass is 406 g/mol. The van der Waals surface area contributed by atoms with Gasteiger partial charge in [0, 0.05) is 27.8 Å². The Kier molecular flexibility index (Phi) is 3.71. The number of halogens is 1. The number of para-hydroxylation sites is 2. The molecule has 4 aromatic carbocycles. The summed E-state index contributed by atoms with van der Waals surface area (Å²) in [4.78, 5) is 13.2. The fourth-order valence-corrected chi connectivity index (χ4v) is 4.67. The Hall–Kier alpha value is -3.62. The Morgan fingerprint density at radius 1 is 0.533 bits per heavy atom. The van der Waals surface area contributed by atoms with Crippen molar-refractivity contribution < 1.29 is 9.53 Å². The predicted molar refractivity (Wildman–Crippen MR) is 119 cm³/mol. The topological polar surface area (TPSA) is 26.3 Å². The van der Waals surface area contributed by atoms with Crippen molar-refractivity contribution in [1.82, 2.24) is 0 Å². The molecule has 30 heavy (non-hydrogen) atoms. The quantitative estimate of drug-likeness (QED) is 0.271. The molecule has 1 aliphatic heterocycles. The van der Waals surface area contributed by atoms with E-state index < -0.39 is 0 Å². The van der Waals surface area contributed by atoms with Crippen LogP contribution in [-0.2, 0) is 0 Å². The molecule has 0 saturated heterocycles. The maximum absolute atomic E-state index is 13.2. The van der Waals surface area contributed by atoms with Crippen LogP contribution < -0.4 is 4.74 Å². The van der Waals surface area contributed by atoms with E-state index in [4.69, 9.17) is 16.3 Å². The van der Waals surface area contributed by atoms with Gasteiger partial charge < -0.3 is 4.74 Å². The smallest absolute Gasteiger partial charge is 0.194 e. The summed E-state index contributed by atoms with van der Waals surface area (Å²) in [6.45, 7) is 0. The van der Waals surface area contributed by atoms with Crippen LogP contribution in [0.2, 0.25) is 5.02 Å². The highest BCUT2D eigenvalue weighted by atomic mass is 35.5. The van der Waals surface area contributed by atoms with Gasteiger partial charge in [-0.1, -0.05) is 90.5 Å². The van der Waals surface area contributed by atoms with Crippen LogP contribution in [-0.4, -0.2) is 5.78 Å². The Morgan fingerprint density at radius 2 is 1.03 bits per heavy atom. The molecule has 2 nitrogen and oxygen atoms in total. The maximum Gasteiger partial charge on any atom is 0.194 e. The van der Waals surface area contributed by atoms with Crippen LogP contribution in [0.5, 0.6) is 11.5 Å². The number of rotatable bonds is 0. The molecule has 6 rings (SSSR count). The molecule has 1 heterocycles. The first-order valence-corrected chi connectivity index (χ1v) is 10.2. The second kappa shape index (κ2) is 6.45. The van der Waals surface area contributed by atoms with Gasteiger partial charge in [-0.25, -0.2) is 0 Å². The van der Waals surface area contributed by atoms with Crippen LogP contribution in [0.1, 0.15) is 38.2 Å². The molecule has 0 bridgehead atoms. The second-order valence-corrected chi connectivity index (χ2v) is 7.79. The maximum atomic E-state index is 13.2. The highest BCUT2D eigenvalue weighted by Gasteiger charge is 2.33. The lowest BCUT2D eigenvalue weighted by atomic mass is 9.76. The van der Waals surface area contributed by atoms with E-state index in [1.807, 2.05) is 84.9 Å². The molecule has 0 spiro atoms. The van der Waals surface area contributed by atoms with Gasteiger partial charge in [0.1, 0.15) is 5.75 Å². The zero-order valence-corrected chi connectivity index (χ0v) is 16.6. The number of ether oxygens (including phenoxy) is 1. The summed E-state index contributed by atoms with van der Waals surface area (Å²) in [5, 5.41) is 0.563. The standard InChI is InChI=1S/C27H15ClO2/c28-22-14-7-13-21-25(20-12-5-6-15-23(20)30-27(21)22)24-16-8-1-3-10-18(16)26(29)19-11-4-2-9-17(19)24/h1-15H. The predicted octanol–water partition coefficient (Wildman–Crippen LogP) is 7.00. The van der Waals surface area contributed by atoms with Crippen molar-refractivity contribution >= 4 is 28.5 Å². The van der Waals surface area contributed by atoms with Crippen molar-refractivity contribution in [3.8, 4) is 11.5 Å². The van der Waals surface area contributed by atoms with Gasteiger partial charge in [0.15, 0.2) is 11.5 Å². The SMILES string of the molecule is O=C1c2ccccc2C(=C2c3ccccc3Oc3c(Cl)cccc32)c2ccccc21. The summed E-state index contributed by atoms with van der Waals surface area (Å²) >= 11 is 6.53. The third-order valence-corrected chi connectivity index (χ3v) is 6.03. The molecule has 0 fully saturated rings. The number of fused-ring (bicyclic) bond motifs is 4. The van der Waals surface area contributed by atoms with Gasteiger partial charge in [0.05, 0.1) is 5.02 Å². The van der Waals surface area contributed by atoms with Gasteiger partial charge in [-0.3, -0.25) is 4.79 Å². The number of carbonyl (C=O) groups excluding carboxylic acids is 1. The molecule has 0 N–H and O–H groups in total. The molecule has 1 aliphatic carbocycles. The summed E-state index contributed by atoms with van der Waals surface area (Å²) in [5.74, 6) is 1.46. The molecule has 0 unspecified atom stereocenters. The summed E-state index contributed by atoms with van der Waals surface area (Å²) < 4.78 is 6.19. The lowest BCUT2D eigenvalue weighted by molar-refractivity contribution is 0.103.